The van der Waals surface area contributed by atoms with Crippen molar-refractivity contribution in [2.45, 2.75) is 118 Å². The van der Waals surface area contributed by atoms with E-state index in [2.05, 4.69) is 55.7 Å². The molecule has 2 N–H and O–H groups in total. The molecule has 1 aromatic carbocycles. The molecule has 1 heterocycles. The van der Waals surface area contributed by atoms with Crippen LogP contribution < -0.4 is 0 Å². The van der Waals surface area contributed by atoms with Crippen LogP contribution in [0.5, 0.6) is 0 Å². The maximum Gasteiger partial charge on any atom is 0.159 e. The molecule has 7 heteroatoms. The fourth-order valence-corrected chi connectivity index (χ4v) is 3.92. The van der Waals surface area contributed by atoms with Gasteiger partial charge in [0.25, 0.3) is 0 Å². The number of ether oxygens (including phenoxy) is 2. The molecule has 222 valence electrons. The highest BCUT2D eigenvalue weighted by Crippen LogP contribution is 2.35. The van der Waals surface area contributed by atoms with Crippen molar-refractivity contribution in [2.75, 3.05) is 7.11 Å². The lowest BCUT2D eigenvalue weighted by Gasteiger charge is -2.30. The number of rotatable bonds is 9. The van der Waals surface area contributed by atoms with E-state index in [0.29, 0.717) is 5.56 Å². The van der Waals surface area contributed by atoms with Crippen molar-refractivity contribution in [2.24, 2.45) is 4.99 Å². The second-order valence-corrected chi connectivity index (χ2v) is 10.7. The van der Waals surface area contributed by atoms with Gasteiger partial charge in [0.15, 0.2) is 5.79 Å². The molecule has 0 radical (unpaired) electrons. The topological polar surface area (TPSA) is 71.3 Å². The van der Waals surface area contributed by atoms with Gasteiger partial charge in [0.05, 0.1) is 17.2 Å². The number of methoxy groups -OCH3 is 1. The van der Waals surface area contributed by atoms with Gasteiger partial charge in [-0.1, -0.05) is 56.2 Å². The molecule has 3 atom stereocenters. The zero-order chi connectivity index (χ0) is 30.2. The van der Waals surface area contributed by atoms with Gasteiger partial charge in [0, 0.05) is 19.0 Å². The van der Waals surface area contributed by atoms with Crippen molar-refractivity contribution >= 4 is 17.8 Å². The van der Waals surface area contributed by atoms with E-state index < -0.39 is 17.2 Å². The molecule has 2 rings (SSSR count). The Morgan fingerprint density at radius 2 is 1.82 bits per heavy atom. The number of allylic oxidation sites excluding steroid dienone is 6. The van der Waals surface area contributed by atoms with Crippen LogP contribution in [0.15, 0.2) is 58.3 Å². The predicted octanol–water partition coefficient (Wildman–Crippen LogP) is 8.68. The van der Waals surface area contributed by atoms with Crippen molar-refractivity contribution in [3.8, 4) is 0 Å². The smallest absolute Gasteiger partial charge is 0.159 e. The summed E-state index contributed by atoms with van der Waals surface area (Å²) in [4.78, 5) is 4.37. The van der Waals surface area contributed by atoms with Crippen LogP contribution in [0.25, 0.3) is 0 Å². The lowest BCUT2D eigenvalue weighted by atomic mass is 9.88. The zero-order valence-electron chi connectivity index (χ0n) is 25.6. The fourth-order valence-electron chi connectivity index (χ4n) is 3.80. The molecule has 0 spiro atoms. The average molecular weight is 568 g/mol. The first-order valence-electron chi connectivity index (χ1n) is 13.8. The molecule has 1 fully saturated rings. The Kier molecular flexibility index (Phi) is 17.6. The molecule has 39 heavy (non-hydrogen) atoms. The quantitative estimate of drug-likeness (QED) is 0.178. The Bertz CT molecular complexity index is 977. The number of aliphatic hydroxyl groups is 2. The molecule has 0 saturated carbocycles. The van der Waals surface area contributed by atoms with Gasteiger partial charge in [-0.05, 0) is 103 Å². The van der Waals surface area contributed by atoms with Gasteiger partial charge in [0.2, 0.25) is 0 Å². The summed E-state index contributed by atoms with van der Waals surface area (Å²) in [5.74, 6) is -1.48. The number of unbranched alkanes of at least 4 members (excludes halogenated alkanes) is 1. The third-order valence-electron chi connectivity index (χ3n) is 6.25. The third kappa shape index (κ3) is 14.4. The lowest BCUT2D eigenvalue weighted by Crippen LogP contribution is -2.36. The molecule has 2 unspecified atom stereocenters. The maximum atomic E-state index is 13.4. The van der Waals surface area contributed by atoms with Crippen LogP contribution in [0.4, 0.5) is 4.39 Å². The van der Waals surface area contributed by atoms with Gasteiger partial charge >= 0.3 is 0 Å². The van der Waals surface area contributed by atoms with Crippen LogP contribution in [0, 0.1) is 5.82 Å². The van der Waals surface area contributed by atoms with E-state index in [1.807, 2.05) is 20.1 Å². The normalized spacial score (nSPS) is 20.2. The van der Waals surface area contributed by atoms with Gasteiger partial charge in [-0.15, -0.1) is 0 Å². The molecule has 0 aliphatic carbocycles. The fraction of sp³-hybridized carbons (Fsp3) is 0.594. The summed E-state index contributed by atoms with van der Waals surface area (Å²) in [6.07, 6.45) is 13.5. The van der Waals surface area contributed by atoms with E-state index in [1.54, 1.807) is 26.8 Å². The molecular weight excluding hydrogens is 517 g/mol. The molecule has 0 amide bonds. The summed E-state index contributed by atoms with van der Waals surface area (Å²) in [5.41, 5.74) is 2.98. The van der Waals surface area contributed by atoms with E-state index in [0.717, 1.165) is 31.4 Å². The summed E-state index contributed by atoms with van der Waals surface area (Å²) in [6.45, 7) is 17.3. The van der Waals surface area contributed by atoms with Crippen LogP contribution >= 0.6 is 11.6 Å². The first-order chi connectivity index (χ1) is 18.1. The van der Waals surface area contributed by atoms with Gasteiger partial charge < -0.3 is 19.7 Å². The Morgan fingerprint density at radius 1 is 1.21 bits per heavy atom. The first kappa shape index (κ1) is 37.2. The van der Waals surface area contributed by atoms with E-state index in [9.17, 15) is 9.50 Å². The maximum absolute atomic E-state index is 13.4. The Morgan fingerprint density at radius 3 is 2.26 bits per heavy atom. The van der Waals surface area contributed by atoms with Crippen molar-refractivity contribution in [1.29, 1.82) is 0 Å². The minimum atomic E-state index is -1.18. The largest absolute Gasteiger partial charge is 0.383 e. The third-order valence-corrected chi connectivity index (χ3v) is 6.56. The zero-order valence-corrected chi connectivity index (χ0v) is 26.4. The van der Waals surface area contributed by atoms with Gasteiger partial charge in [-0.2, -0.15) is 0 Å². The van der Waals surface area contributed by atoms with Crippen LogP contribution in [0.2, 0.25) is 5.02 Å². The van der Waals surface area contributed by atoms with Crippen molar-refractivity contribution < 1.29 is 24.1 Å². The van der Waals surface area contributed by atoms with Crippen LogP contribution in [0.3, 0.4) is 0 Å². The lowest BCUT2D eigenvalue weighted by molar-refractivity contribution is -0.155. The molecule has 0 aromatic heterocycles. The molecule has 0 bridgehead atoms. The first-order valence-corrected chi connectivity index (χ1v) is 14.2. The Labute approximate surface area is 241 Å². The van der Waals surface area contributed by atoms with Gasteiger partial charge in [-0.3, -0.25) is 4.99 Å². The number of aliphatic imine (C=N–C) groups is 1. The summed E-state index contributed by atoms with van der Waals surface area (Å²) < 4.78 is 23.5. The van der Waals surface area contributed by atoms with E-state index in [1.165, 1.54) is 36.8 Å². The van der Waals surface area contributed by atoms with Crippen molar-refractivity contribution in [3.63, 3.8) is 0 Å². The molecule has 1 saturated heterocycles. The number of halogens is 2. The highest BCUT2D eigenvalue weighted by atomic mass is 35.5. The number of hydrogen-bond acceptors (Lipinski definition) is 5. The molecule has 5 nitrogen and oxygen atoms in total. The van der Waals surface area contributed by atoms with E-state index in [-0.39, 0.29) is 17.2 Å². The van der Waals surface area contributed by atoms with Gasteiger partial charge in [0.1, 0.15) is 11.4 Å². The highest BCUT2D eigenvalue weighted by molar-refractivity contribution is 6.30. The number of hydrogen-bond donors (Lipinski definition) is 2. The summed E-state index contributed by atoms with van der Waals surface area (Å²) in [5, 5.41) is 19.1. The molecule has 1 aromatic rings. The number of nitrogens with zero attached hydrogens (tertiary/aromatic N) is 1. The van der Waals surface area contributed by atoms with Crippen LogP contribution in [0.1, 0.15) is 100.0 Å². The van der Waals surface area contributed by atoms with E-state index >= 15 is 0 Å². The van der Waals surface area contributed by atoms with Crippen molar-refractivity contribution in [1.82, 2.24) is 0 Å². The second-order valence-electron chi connectivity index (χ2n) is 10.3. The molecule has 1 aliphatic rings. The van der Waals surface area contributed by atoms with Crippen molar-refractivity contribution in [3.05, 3.63) is 69.7 Å². The second kappa shape index (κ2) is 18.5. The average Bonchev–Trinajstić information content (AvgIpc) is 3.31. The standard InChI is InChI=1S/C15H25N.C13H16ClFO2.C4H10O2/c1-6-9-10-12-15(13(4)11-7-2)14(5)16-8-3;1-8-3-6-12(17-8)13(2,16)9-4-5-10(14)11(15)7-9;1-4(2,5)6-3/h8,10-12H,6-7,9H2,1-5H3;4-5,7-8,12,16H,3,6H2,1-2H3;5H,1-3H3/b12-10-,13-11+,15-14-,16-8?;;/t;8?,12?,13-;/m.1./s1. The molecule has 1 aliphatic heterocycles. The molecular formula is C32H51ClFNO4. The summed E-state index contributed by atoms with van der Waals surface area (Å²) in [6, 6.07) is 4.37. The summed E-state index contributed by atoms with van der Waals surface area (Å²) >= 11 is 5.63. The van der Waals surface area contributed by atoms with E-state index in [4.69, 9.17) is 21.4 Å². The minimum Gasteiger partial charge on any atom is -0.383 e. The predicted molar refractivity (Wildman–Crippen MR) is 163 cm³/mol. The Hall–Kier alpha value is -1.83. The van der Waals surface area contributed by atoms with Crippen LogP contribution in [-0.2, 0) is 15.1 Å². The van der Waals surface area contributed by atoms with Gasteiger partial charge in [-0.25, -0.2) is 4.39 Å². The number of benzene rings is 1. The Balaban J connectivity index is 0.000000616. The highest BCUT2D eigenvalue weighted by Gasteiger charge is 2.39. The van der Waals surface area contributed by atoms with Crippen LogP contribution in [-0.4, -0.2) is 41.5 Å². The monoisotopic (exact) mass is 567 g/mol. The SMILES string of the molecule is CC1CCC([C@](C)(O)c2ccc(Cl)c(F)c2)O1.CC=N/C(C)=C(/C=C\CCC)C(\C)=C\CC.COC(C)(C)O. The summed E-state index contributed by atoms with van der Waals surface area (Å²) in [7, 11) is 1.46. The minimum absolute atomic E-state index is 0.0604.